The Morgan fingerprint density at radius 3 is 2.61 bits per heavy atom. The van der Waals surface area contributed by atoms with Gasteiger partial charge in [0.05, 0.1) is 12.1 Å². The fourth-order valence-electron chi connectivity index (χ4n) is 1.83. The van der Waals surface area contributed by atoms with Crippen LogP contribution in [0, 0.1) is 11.3 Å². The third-order valence-corrected chi connectivity index (χ3v) is 2.96. The predicted octanol–water partition coefficient (Wildman–Crippen LogP) is 2.23. The second-order valence-electron chi connectivity index (χ2n) is 3.80. The number of hydrogen-bond acceptors (Lipinski definition) is 5. The smallest absolute Gasteiger partial charge is 0.206 e. The zero-order valence-electron chi connectivity index (χ0n) is 9.71. The summed E-state index contributed by atoms with van der Waals surface area (Å²) in [6.45, 7) is 0. The average molecular weight is 260 g/mol. The zero-order valence-corrected chi connectivity index (χ0v) is 10.6. The number of aromatic hydroxyl groups is 1. The number of allylic oxidation sites excluding steroid dienone is 2. The number of nitriles is 1. The largest absolute Gasteiger partial charge is 0.508 e. The van der Waals surface area contributed by atoms with Gasteiger partial charge in [-0.15, -0.1) is 12.6 Å². The Morgan fingerprint density at radius 2 is 2.06 bits per heavy atom. The monoisotopic (exact) mass is 260 g/mol. The minimum Gasteiger partial charge on any atom is -0.508 e. The Kier molecular flexibility index (Phi) is 3.49. The second-order valence-corrected chi connectivity index (χ2v) is 4.29. The Bertz CT molecular complexity index is 555. The van der Waals surface area contributed by atoms with Crippen LogP contribution >= 0.6 is 12.6 Å². The summed E-state index contributed by atoms with van der Waals surface area (Å²) in [5.74, 6) is 0.375. The number of nitrogens with zero attached hydrogens (tertiary/aromatic N) is 1. The summed E-state index contributed by atoms with van der Waals surface area (Å²) >= 11 is 4.26. The molecule has 0 aliphatic carbocycles. The van der Waals surface area contributed by atoms with Gasteiger partial charge < -0.3 is 15.2 Å². The lowest BCUT2D eigenvalue weighted by Crippen LogP contribution is -2.21. The third kappa shape index (κ3) is 2.29. The molecule has 0 saturated heterocycles. The summed E-state index contributed by atoms with van der Waals surface area (Å²) in [5.41, 5.74) is 1.38. The van der Waals surface area contributed by atoms with Crippen molar-refractivity contribution in [3.63, 3.8) is 0 Å². The molecule has 0 saturated carbocycles. The number of phenols is 1. The number of dihydropyridines is 1. The highest BCUT2D eigenvalue weighted by Gasteiger charge is 2.24. The van der Waals surface area contributed by atoms with Crippen LogP contribution in [0.15, 0.2) is 46.8 Å². The van der Waals surface area contributed by atoms with E-state index in [4.69, 9.17) is 4.74 Å². The summed E-state index contributed by atoms with van der Waals surface area (Å²) < 4.78 is 5.15. The zero-order chi connectivity index (χ0) is 13.1. The first-order chi connectivity index (χ1) is 8.65. The number of ether oxygens (including phenoxy) is 1. The van der Waals surface area contributed by atoms with E-state index < -0.39 is 0 Å². The molecule has 4 nitrogen and oxygen atoms in total. The minimum atomic E-state index is -0.223. The molecule has 1 heterocycles. The standard InChI is InChI=1S/C13H12N2O2S/c1-17-13-11(7-14)10(6-12(18)15-13)8-2-4-9(16)5-3-8/h2-6,10,15-16,18H,1H3. The van der Waals surface area contributed by atoms with Crippen molar-refractivity contribution in [2.75, 3.05) is 7.11 Å². The Labute approximate surface area is 111 Å². The predicted molar refractivity (Wildman–Crippen MR) is 70.7 cm³/mol. The summed E-state index contributed by atoms with van der Waals surface area (Å²) in [6.07, 6.45) is 1.83. The minimum absolute atomic E-state index is 0.192. The number of hydrogen-bond donors (Lipinski definition) is 3. The van der Waals surface area contributed by atoms with Crippen LogP contribution in [0.2, 0.25) is 0 Å². The molecule has 0 spiro atoms. The first-order valence-corrected chi connectivity index (χ1v) is 5.75. The molecule has 1 aromatic carbocycles. The van der Waals surface area contributed by atoms with Crippen molar-refractivity contribution < 1.29 is 9.84 Å². The lowest BCUT2D eigenvalue weighted by molar-refractivity contribution is 0.264. The molecule has 2 rings (SSSR count). The fourth-order valence-corrected chi connectivity index (χ4v) is 2.08. The van der Waals surface area contributed by atoms with E-state index in [1.165, 1.54) is 7.11 Å². The molecule has 1 aromatic rings. The van der Waals surface area contributed by atoms with E-state index in [2.05, 4.69) is 24.0 Å². The number of phenolic OH excluding ortho intramolecular Hbond substituents is 1. The Morgan fingerprint density at radius 1 is 1.39 bits per heavy atom. The summed E-state index contributed by atoms with van der Waals surface area (Å²) in [5, 5.41) is 22.0. The van der Waals surface area contributed by atoms with Gasteiger partial charge in [-0.25, -0.2) is 0 Å². The van der Waals surface area contributed by atoms with Crippen LogP contribution in [-0.4, -0.2) is 12.2 Å². The van der Waals surface area contributed by atoms with Crippen molar-refractivity contribution in [1.29, 1.82) is 5.26 Å². The van der Waals surface area contributed by atoms with Crippen LogP contribution < -0.4 is 5.32 Å². The van der Waals surface area contributed by atoms with Crippen LogP contribution in [0.3, 0.4) is 0 Å². The van der Waals surface area contributed by atoms with Crippen molar-refractivity contribution in [2.45, 2.75) is 5.92 Å². The second kappa shape index (κ2) is 5.07. The average Bonchev–Trinajstić information content (AvgIpc) is 2.38. The first kappa shape index (κ1) is 12.4. The van der Waals surface area contributed by atoms with Crippen molar-refractivity contribution in [2.24, 2.45) is 0 Å². The lowest BCUT2D eigenvalue weighted by Gasteiger charge is -2.22. The highest BCUT2D eigenvalue weighted by atomic mass is 32.1. The fraction of sp³-hybridized carbons (Fsp3) is 0.154. The maximum atomic E-state index is 9.28. The van der Waals surface area contributed by atoms with Crippen LogP contribution in [0.25, 0.3) is 0 Å². The van der Waals surface area contributed by atoms with Crippen LogP contribution in [0.1, 0.15) is 11.5 Å². The number of nitrogens with one attached hydrogen (secondary N) is 1. The van der Waals surface area contributed by atoms with Crippen LogP contribution in [-0.2, 0) is 4.74 Å². The van der Waals surface area contributed by atoms with Gasteiger partial charge in [0.1, 0.15) is 17.4 Å². The molecule has 92 valence electrons. The van der Waals surface area contributed by atoms with Crippen molar-refractivity contribution in [3.8, 4) is 11.8 Å². The molecule has 1 aliphatic rings. The van der Waals surface area contributed by atoms with Crippen LogP contribution in [0.4, 0.5) is 0 Å². The Balaban J connectivity index is 2.47. The molecule has 0 bridgehead atoms. The summed E-state index contributed by atoms with van der Waals surface area (Å²) in [7, 11) is 1.50. The third-order valence-electron chi connectivity index (χ3n) is 2.70. The highest BCUT2D eigenvalue weighted by molar-refractivity contribution is 7.84. The molecule has 0 fully saturated rings. The highest BCUT2D eigenvalue weighted by Crippen LogP contribution is 2.33. The summed E-state index contributed by atoms with van der Waals surface area (Å²) in [4.78, 5) is 0. The van der Waals surface area contributed by atoms with Crippen molar-refractivity contribution in [3.05, 3.63) is 52.4 Å². The molecule has 18 heavy (non-hydrogen) atoms. The van der Waals surface area contributed by atoms with Crippen molar-refractivity contribution in [1.82, 2.24) is 5.32 Å². The van der Waals surface area contributed by atoms with Gasteiger partial charge in [0.2, 0.25) is 5.88 Å². The first-order valence-electron chi connectivity index (χ1n) is 5.30. The number of benzene rings is 1. The molecule has 1 aliphatic heterocycles. The van der Waals surface area contributed by atoms with Crippen LogP contribution in [0.5, 0.6) is 5.75 Å². The van der Waals surface area contributed by atoms with E-state index in [1.807, 2.05) is 6.08 Å². The van der Waals surface area contributed by atoms with Gasteiger partial charge in [0.15, 0.2) is 0 Å². The van der Waals surface area contributed by atoms with E-state index in [9.17, 15) is 10.4 Å². The van der Waals surface area contributed by atoms with E-state index >= 15 is 0 Å². The molecule has 0 radical (unpaired) electrons. The van der Waals surface area contributed by atoms with Gasteiger partial charge >= 0.3 is 0 Å². The molecular weight excluding hydrogens is 248 g/mol. The molecule has 1 unspecified atom stereocenters. The normalized spacial score (nSPS) is 18.7. The number of rotatable bonds is 2. The molecule has 0 amide bonds. The van der Waals surface area contributed by atoms with Gasteiger partial charge in [-0.05, 0) is 23.8 Å². The van der Waals surface area contributed by atoms with E-state index in [0.29, 0.717) is 16.5 Å². The topological polar surface area (TPSA) is 65.3 Å². The maximum absolute atomic E-state index is 9.28. The lowest BCUT2D eigenvalue weighted by atomic mass is 9.90. The van der Waals surface area contributed by atoms with E-state index in [-0.39, 0.29) is 11.7 Å². The maximum Gasteiger partial charge on any atom is 0.206 e. The Hall–Kier alpha value is -2.06. The van der Waals surface area contributed by atoms with E-state index in [0.717, 1.165) is 5.56 Å². The SMILES string of the molecule is COC1=C(C#N)C(c2ccc(O)cc2)C=C(S)N1. The van der Waals surface area contributed by atoms with Gasteiger partial charge in [-0.3, -0.25) is 0 Å². The van der Waals surface area contributed by atoms with Gasteiger partial charge in [0, 0.05) is 5.92 Å². The van der Waals surface area contributed by atoms with Crippen molar-refractivity contribution >= 4 is 12.6 Å². The molecule has 2 N–H and O–H groups in total. The molecule has 0 aromatic heterocycles. The van der Waals surface area contributed by atoms with E-state index in [1.54, 1.807) is 24.3 Å². The van der Waals surface area contributed by atoms with Gasteiger partial charge in [0.25, 0.3) is 0 Å². The number of thiol groups is 1. The van der Waals surface area contributed by atoms with Gasteiger partial charge in [-0.1, -0.05) is 12.1 Å². The quantitative estimate of drug-likeness (QED) is 0.713. The number of methoxy groups -OCH3 is 1. The van der Waals surface area contributed by atoms with Gasteiger partial charge in [-0.2, -0.15) is 5.26 Å². The molecular formula is C13H12N2O2S. The molecule has 1 atom stereocenters. The molecule has 5 heteroatoms. The summed E-state index contributed by atoms with van der Waals surface area (Å²) in [6, 6.07) is 8.86.